The lowest BCUT2D eigenvalue weighted by molar-refractivity contribution is -0.123. The number of fused-ring (bicyclic) bond motifs is 1. The molecule has 0 atom stereocenters. The van der Waals surface area contributed by atoms with Crippen LogP contribution in [-0.4, -0.2) is 30.4 Å². The minimum atomic E-state index is -0.171. The molecule has 1 aliphatic rings. The summed E-state index contributed by atoms with van der Waals surface area (Å²) in [5.41, 5.74) is 8.09. The van der Waals surface area contributed by atoms with Gasteiger partial charge >= 0.3 is 0 Å². The Morgan fingerprint density at radius 1 is 1.27 bits per heavy atom. The summed E-state index contributed by atoms with van der Waals surface area (Å²) >= 11 is 0. The summed E-state index contributed by atoms with van der Waals surface area (Å²) in [4.78, 5) is 29.9. The number of nitrogen functional groups attached to an aromatic ring is 1. The average molecular weight is 356 g/mol. The fourth-order valence-corrected chi connectivity index (χ4v) is 3.74. The van der Waals surface area contributed by atoms with Crippen LogP contribution in [-0.2, 0) is 4.79 Å². The van der Waals surface area contributed by atoms with Gasteiger partial charge in [-0.1, -0.05) is 26.2 Å². The van der Waals surface area contributed by atoms with Gasteiger partial charge in [0.1, 0.15) is 5.82 Å². The van der Waals surface area contributed by atoms with Crippen molar-refractivity contribution in [3.8, 4) is 0 Å². The first-order chi connectivity index (χ1) is 12.5. The molecule has 1 heterocycles. The van der Waals surface area contributed by atoms with E-state index in [9.17, 15) is 9.59 Å². The van der Waals surface area contributed by atoms with Gasteiger partial charge in [0.05, 0.1) is 5.56 Å². The molecule has 2 amide bonds. The summed E-state index contributed by atoms with van der Waals surface area (Å²) in [6, 6.07) is 5.64. The molecule has 0 bridgehead atoms. The molecule has 3 rings (SSSR count). The predicted octanol–water partition coefficient (Wildman–Crippen LogP) is 3.43. The van der Waals surface area contributed by atoms with E-state index in [1.807, 2.05) is 32.2 Å². The molecule has 140 valence electrons. The van der Waals surface area contributed by atoms with E-state index in [-0.39, 0.29) is 17.7 Å². The lowest BCUT2D eigenvalue weighted by atomic mass is 9.88. The molecule has 4 N–H and O–H groups in total. The van der Waals surface area contributed by atoms with E-state index in [1.165, 1.54) is 6.42 Å². The van der Waals surface area contributed by atoms with E-state index >= 15 is 0 Å². The second-order valence-corrected chi connectivity index (χ2v) is 7.13. The van der Waals surface area contributed by atoms with Crippen molar-refractivity contribution in [1.29, 1.82) is 0 Å². The van der Waals surface area contributed by atoms with Crippen molar-refractivity contribution in [3.05, 3.63) is 23.8 Å². The molecule has 1 aromatic carbocycles. The number of rotatable bonds is 5. The number of aromatic amines is 1. The number of carbonyl (C=O) groups is 2. The van der Waals surface area contributed by atoms with Crippen LogP contribution < -0.4 is 16.0 Å². The summed E-state index contributed by atoms with van der Waals surface area (Å²) in [7, 11) is 1.82. The van der Waals surface area contributed by atoms with Gasteiger partial charge in [-0.3, -0.25) is 9.59 Å². The van der Waals surface area contributed by atoms with Crippen molar-refractivity contribution >= 4 is 34.2 Å². The Morgan fingerprint density at radius 3 is 2.69 bits per heavy atom. The molecular weight excluding hydrogens is 328 g/mol. The molecule has 0 saturated heterocycles. The molecule has 1 aliphatic carbocycles. The van der Waals surface area contributed by atoms with Crippen LogP contribution in [0.5, 0.6) is 0 Å². The third-order valence-corrected chi connectivity index (χ3v) is 5.25. The standard InChI is InChI=1S/C20H28N4O2/c1-3-11-22-19(25)17-15-10-9-14(12-16(15)23-18(17)21)24(2)20(26)13-7-5-4-6-8-13/h9-10,12-13,23H,3-8,11,21H2,1-2H3,(H,22,25). The molecule has 1 aromatic heterocycles. The number of H-pyrrole nitrogens is 1. The van der Waals surface area contributed by atoms with Crippen molar-refractivity contribution in [2.24, 2.45) is 5.92 Å². The van der Waals surface area contributed by atoms with E-state index in [2.05, 4.69) is 10.3 Å². The lowest BCUT2D eigenvalue weighted by Gasteiger charge is -2.26. The molecule has 0 radical (unpaired) electrons. The summed E-state index contributed by atoms with van der Waals surface area (Å²) < 4.78 is 0. The van der Waals surface area contributed by atoms with Crippen LogP contribution in [0.4, 0.5) is 11.5 Å². The maximum Gasteiger partial charge on any atom is 0.255 e. The van der Waals surface area contributed by atoms with E-state index in [1.54, 1.807) is 4.90 Å². The van der Waals surface area contributed by atoms with Gasteiger partial charge in [-0.15, -0.1) is 0 Å². The smallest absolute Gasteiger partial charge is 0.255 e. The van der Waals surface area contributed by atoms with Gasteiger partial charge in [-0.2, -0.15) is 0 Å². The number of benzene rings is 1. The highest BCUT2D eigenvalue weighted by Gasteiger charge is 2.25. The number of amides is 2. The van der Waals surface area contributed by atoms with Gasteiger partial charge in [0.15, 0.2) is 0 Å². The quantitative estimate of drug-likeness (QED) is 0.766. The van der Waals surface area contributed by atoms with Crippen LogP contribution in [0.3, 0.4) is 0 Å². The number of anilines is 2. The van der Waals surface area contributed by atoms with Gasteiger partial charge in [-0.05, 0) is 37.5 Å². The Morgan fingerprint density at radius 2 is 2.00 bits per heavy atom. The van der Waals surface area contributed by atoms with E-state index in [0.29, 0.717) is 17.9 Å². The molecule has 6 heteroatoms. The molecule has 0 unspecified atom stereocenters. The normalized spacial score (nSPS) is 15.2. The fraction of sp³-hybridized carbons (Fsp3) is 0.500. The zero-order valence-electron chi connectivity index (χ0n) is 15.6. The Balaban J connectivity index is 1.85. The van der Waals surface area contributed by atoms with Crippen LogP contribution in [0.2, 0.25) is 0 Å². The highest BCUT2D eigenvalue weighted by molar-refractivity contribution is 6.12. The number of hydrogen-bond donors (Lipinski definition) is 3. The summed E-state index contributed by atoms with van der Waals surface area (Å²) in [6.07, 6.45) is 6.31. The number of carbonyl (C=O) groups excluding carboxylic acids is 2. The Labute approximate surface area is 154 Å². The average Bonchev–Trinajstić information content (AvgIpc) is 3.00. The van der Waals surface area contributed by atoms with E-state index in [0.717, 1.165) is 48.7 Å². The van der Waals surface area contributed by atoms with Gasteiger partial charge < -0.3 is 20.9 Å². The van der Waals surface area contributed by atoms with Crippen LogP contribution in [0.25, 0.3) is 10.9 Å². The zero-order valence-corrected chi connectivity index (χ0v) is 15.6. The number of nitrogens with one attached hydrogen (secondary N) is 2. The van der Waals surface area contributed by atoms with Gasteiger partial charge in [-0.25, -0.2) is 0 Å². The fourth-order valence-electron chi connectivity index (χ4n) is 3.74. The van der Waals surface area contributed by atoms with Crippen LogP contribution in [0.15, 0.2) is 18.2 Å². The second kappa shape index (κ2) is 7.81. The summed E-state index contributed by atoms with van der Waals surface area (Å²) in [5.74, 6) is 0.472. The highest BCUT2D eigenvalue weighted by atomic mass is 16.2. The number of hydrogen-bond acceptors (Lipinski definition) is 3. The molecule has 1 saturated carbocycles. The van der Waals surface area contributed by atoms with Crippen molar-refractivity contribution in [3.63, 3.8) is 0 Å². The lowest BCUT2D eigenvalue weighted by Crippen LogP contribution is -2.33. The minimum Gasteiger partial charge on any atom is -0.385 e. The Kier molecular flexibility index (Phi) is 5.49. The number of nitrogens with two attached hydrogens (primary N) is 1. The molecule has 1 fully saturated rings. The maximum absolute atomic E-state index is 12.8. The third kappa shape index (κ3) is 3.54. The first kappa shape index (κ1) is 18.3. The van der Waals surface area contributed by atoms with Crippen LogP contribution >= 0.6 is 0 Å². The predicted molar refractivity (Wildman–Crippen MR) is 105 cm³/mol. The van der Waals surface area contributed by atoms with Gasteiger partial charge in [0, 0.05) is 36.1 Å². The molecule has 6 nitrogen and oxygen atoms in total. The van der Waals surface area contributed by atoms with Crippen molar-refractivity contribution in [2.45, 2.75) is 45.4 Å². The van der Waals surface area contributed by atoms with Gasteiger partial charge in [0.25, 0.3) is 5.91 Å². The maximum atomic E-state index is 12.8. The second-order valence-electron chi connectivity index (χ2n) is 7.13. The Bertz CT molecular complexity index is 805. The zero-order chi connectivity index (χ0) is 18.7. The first-order valence-electron chi connectivity index (χ1n) is 9.50. The number of nitrogens with zero attached hydrogens (tertiary/aromatic N) is 1. The molecule has 2 aromatic rings. The van der Waals surface area contributed by atoms with Crippen molar-refractivity contribution in [2.75, 3.05) is 24.2 Å². The largest absolute Gasteiger partial charge is 0.385 e. The van der Waals surface area contributed by atoms with Crippen molar-refractivity contribution in [1.82, 2.24) is 10.3 Å². The number of aromatic nitrogens is 1. The van der Waals surface area contributed by atoms with Crippen LogP contribution in [0.1, 0.15) is 55.8 Å². The van der Waals surface area contributed by atoms with E-state index < -0.39 is 0 Å². The minimum absolute atomic E-state index is 0.119. The third-order valence-electron chi connectivity index (χ3n) is 5.25. The topological polar surface area (TPSA) is 91.2 Å². The molecule has 26 heavy (non-hydrogen) atoms. The monoisotopic (exact) mass is 356 g/mol. The molecule has 0 aliphatic heterocycles. The highest BCUT2D eigenvalue weighted by Crippen LogP contribution is 2.30. The van der Waals surface area contributed by atoms with Crippen molar-refractivity contribution < 1.29 is 9.59 Å². The summed E-state index contributed by atoms with van der Waals surface area (Å²) in [5, 5.41) is 3.64. The first-order valence-corrected chi connectivity index (χ1v) is 9.50. The molecular formula is C20H28N4O2. The van der Waals surface area contributed by atoms with Gasteiger partial charge in [0.2, 0.25) is 5.91 Å². The van der Waals surface area contributed by atoms with Crippen LogP contribution in [0, 0.1) is 5.92 Å². The summed E-state index contributed by atoms with van der Waals surface area (Å²) in [6.45, 7) is 2.62. The Hall–Kier alpha value is -2.50. The SMILES string of the molecule is CCCNC(=O)c1c(N)[nH]c2cc(N(C)C(=O)C3CCCCC3)ccc12. The van der Waals surface area contributed by atoms with E-state index in [4.69, 9.17) is 5.73 Å². The molecule has 0 spiro atoms.